The maximum absolute atomic E-state index is 2.60. The summed E-state index contributed by atoms with van der Waals surface area (Å²) >= 11 is 0. The van der Waals surface area contributed by atoms with Gasteiger partial charge in [0, 0.05) is 6.04 Å². The average Bonchev–Trinajstić information content (AvgIpc) is 2.58. The number of allylic oxidation sites excluding steroid dienone is 2. The van der Waals surface area contributed by atoms with E-state index in [0.29, 0.717) is 6.04 Å². The third-order valence-corrected chi connectivity index (χ3v) is 2.87. The van der Waals surface area contributed by atoms with E-state index in [-0.39, 0.29) is 0 Å². The van der Waals surface area contributed by atoms with Crippen molar-refractivity contribution in [1.29, 1.82) is 0 Å². The lowest BCUT2D eigenvalue weighted by Gasteiger charge is -2.25. The molecule has 0 radical (unpaired) electrons. The van der Waals surface area contributed by atoms with Crippen molar-refractivity contribution in [2.75, 3.05) is 13.1 Å². The summed E-state index contributed by atoms with van der Waals surface area (Å²) < 4.78 is 0. The van der Waals surface area contributed by atoms with E-state index in [9.17, 15) is 0 Å². The molecule has 1 saturated heterocycles. The highest BCUT2D eigenvalue weighted by atomic mass is 15.2. The van der Waals surface area contributed by atoms with Gasteiger partial charge in [0.2, 0.25) is 0 Å². The van der Waals surface area contributed by atoms with Crippen molar-refractivity contribution in [3.63, 3.8) is 0 Å². The highest BCUT2D eigenvalue weighted by molar-refractivity contribution is 5.23. The van der Waals surface area contributed by atoms with Crippen molar-refractivity contribution in [2.24, 2.45) is 0 Å². The molecule has 1 atom stereocenters. The number of rotatable bonds is 1. The van der Waals surface area contributed by atoms with Gasteiger partial charge >= 0.3 is 0 Å². The van der Waals surface area contributed by atoms with Gasteiger partial charge in [-0.1, -0.05) is 23.8 Å². The molecule has 0 saturated carbocycles. The Morgan fingerprint density at radius 1 is 1.33 bits per heavy atom. The molecule has 0 aromatic heterocycles. The maximum Gasteiger partial charge on any atom is 0.0316 e. The van der Waals surface area contributed by atoms with Crippen molar-refractivity contribution in [3.8, 4) is 0 Å². The normalized spacial score (nSPS) is 30.8. The van der Waals surface area contributed by atoms with Crippen molar-refractivity contribution >= 4 is 0 Å². The Balaban J connectivity index is 1.94. The summed E-state index contributed by atoms with van der Waals surface area (Å²) in [5.74, 6) is 0. The molecule has 1 heteroatoms. The van der Waals surface area contributed by atoms with Gasteiger partial charge in [0.05, 0.1) is 0 Å². The maximum atomic E-state index is 2.60. The summed E-state index contributed by atoms with van der Waals surface area (Å²) in [6, 6.07) is 0.705. The van der Waals surface area contributed by atoms with Crippen LogP contribution < -0.4 is 0 Å². The molecule has 0 bridgehead atoms. The minimum atomic E-state index is 0.705. The van der Waals surface area contributed by atoms with Crippen LogP contribution in [-0.2, 0) is 0 Å². The summed E-state index contributed by atoms with van der Waals surface area (Å²) in [5.41, 5.74) is 1.42. The largest absolute Gasteiger partial charge is 0.297 e. The van der Waals surface area contributed by atoms with Crippen molar-refractivity contribution < 1.29 is 0 Å². The van der Waals surface area contributed by atoms with E-state index < -0.39 is 0 Å². The Labute approximate surface area is 74.8 Å². The van der Waals surface area contributed by atoms with Gasteiger partial charge in [-0.05, 0) is 39.3 Å². The van der Waals surface area contributed by atoms with Crippen molar-refractivity contribution in [2.45, 2.75) is 32.2 Å². The Morgan fingerprint density at radius 2 is 2.08 bits per heavy atom. The molecule has 0 aromatic carbocycles. The van der Waals surface area contributed by atoms with Crippen molar-refractivity contribution in [1.82, 2.24) is 4.90 Å². The Bertz CT molecular complexity index is 209. The number of nitrogens with zero attached hydrogens (tertiary/aromatic N) is 1. The zero-order valence-corrected chi connectivity index (χ0v) is 7.79. The standard InChI is InChI=1S/C11H17N/c1-10-4-6-11(7-5-10)12-8-2-3-9-12/h4-6,11H,2-3,7-9H2,1H3. The summed E-state index contributed by atoms with van der Waals surface area (Å²) in [5, 5.41) is 0. The highest BCUT2D eigenvalue weighted by Gasteiger charge is 2.19. The van der Waals surface area contributed by atoms with Crippen LogP contribution >= 0.6 is 0 Å². The lowest BCUT2D eigenvalue weighted by molar-refractivity contribution is 0.283. The Hall–Kier alpha value is -0.560. The van der Waals surface area contributed by atoms with Crippen LogP contribution in [0.4, 0.5) is 0 Å². The van der Waals surface area contributed by atoms with E-state index >= 15 is 0 Å². The smallest absolute Gasteiger partial charge is 0.0316 e. The molecule has 1 aliphatic carbocycles. The van der Waals surface area contributed by atoms with Gasteiger partial charge in [0.1, 0.15) is 0 Å². The second-order valence-corrected chi connectivity index (χ2v) is 3.85. The van der Waals surface area contributed by atoms with Crippen molar-refractivity contribution in [3.05, 3.63) is 23.8 Å². The van der Waals surface area contributed by atoms with Gasteiger partial charge in [-0.15, -0.1) is 0 Å². The first kappa shape index (κ1) is 8.06. The monoisotopic (exact) mass is 163 g/mol. The van der Waals surface area contributed by atoms with Gasteiger partial charge in [0.15, 0.2) is 0 Å². The van der Waals surface area contributed by atoms with Gasteiger partial charge in [-0.25, -0.2) is 0 Å². The van der Waals surface area contributed by atoms with Crippen LogP contribution in [-0.4, -0.2) is 24.0 Å². The molecule has 0 aromatic rings. The second-order valence-electron chi connectivity index (χ2n) is 3.85. The summed E-state index contributed by atoms with van der Waals surface area (Å²) in [7, 11) is 0. The molecule has 12 heavy (non-hydrogen) atoms. The molecule has 2 rings (SSSR count). The fourth-order valence-corrected chi connectivity index (χ4v) is 2.06. The molecule has 0 N–H and O–H groups in total. The lowest BCUT2D eigenvalue weighted by atomic mass is 10.0. The van der Waals surface area contributed by atoms with Crippen LogP contribution in [0.2, 0.25) is 0 Å². The van der Waals surface area contributed by atoms with Crippen LogP contribution in [0.15, 0.2) is 23.8 Å². The molecular formula is C11H17N. The minimum absolute atomic E-state index is 0.705. The van der Waals surface area contributed by atoms with E-state index in [4.69, 9.17) is 0 Å². The predicted octanol–water partition coefficient (Wildman–Crippen LogP) is 2.36. The fraction of sp³-hybridized carbons (Fsp3) is 0.636. The molecule has 1 unspecified atom stereocenters. The highest BCUT2D eigenvalue weighted by Crippen LogP contribution is 2.19. The first-order chi connectivity index (χ1) is 5.86. The summed E-state index contributed by atoms with van der Waals surface area (Å²) in [6.45, 7) is 4.79. The first-order valence-corrected chi connectivity index (χ1v) is 4.95. The van der Waals surface area contributed by atoms with Crippen LogP contribution in [0.25, 0.3) is 0 Å². The van der Waals surface area contributed by atoms with Crippen LogP contribution in [0.5, 0.6) is 0 Å². The molecule has 1 heterocycles. The van der Waals surface area contributed by atoms with Crippen LogP contribution in [0.3, 0.4) is 0 Å². The van der Waals surface area contributed by atoms with E-state index in [1.165, 1.54) is 37.9 Å². The van der Waals surface area contributed by atoms with Gasteiger partial charge in [0.25, 0.3) is 0 Å². The molecule has 1 aliphatic heterocycles. The predicted molar refractivity (Wildman–Crippen MR) is 52.1 cm³/mol. The quantitative estimate of drug-likeness (QED) is 0.573. The molecule has 66 valence electrons. The topological polar surface area (TPSA) is 3.24 Å². The summed E-state index contributed by atoms with van der Waals surface area (Å²) in [6.07, 6.45) is 11.0. The van der Waals surface area contributed by atoms with Gasteiger partial charge < -0.3 is 0 Å². The zero-order valence-electron chi connectivity index (χ0n) is 7.79. The number of likely N-dealkylation sites (tertiary alicyclic amines) is 1. The summed E-state index contributed by atoms with van der Waals surface area (Å²) in [4.78, 5) is 2.60. The number of hydrogen-bond donors (Lipinski definition) is 0. The molecule has 2 aliphatic rings. The van der Waals surface area contributed by atoms with E-state index in [0.717, 1.165) is 0 Å². The van der Waals surface area contributed by atoms with Gasteiger partial charge in [-0.2, -0.15) is 0 Å². The third kappa shape index (κ3) is 1.61. The molecule has 1 nitrogen and oxygen atoms in total. The van der Waals surface area contributed by atoms with E-state index in [1.807, 2.05) is 0 Å². The fourth-order valence-electron chi connectivity index (χ4n) is 2.06. The zero-order chi connectivity index (χ0) is 8.39. The minimum Gasteiger partial charge on any atom is -0.297 e. The molecule has 0 spiro atoms. The second kappa shape index (κ2) is 3.44. The Kier molecular flexibility index (Phi) is 2.31. The average molecular weight is 163 g/mol. The third-order valence-electron chi connectivity index (χ3n) is 2.87. The first-order valence-electron chi connectivity index (χ1n) is 4.95. The van der Waals surface area contributed by atoms with E-state index in [1.54, 1.807) is 0 Å². The van der Waals surface area contributed by atoms with Crippen LogP contribution in [0.1, 0.15) is 26.2 Å². The Morgan fingerprint density at radius 3 is 2.67 bits per heavy atom. The molecule has 1 fully saturated rings. The SMILES string of the molecule is CC1=CCC(N2CCCC2)C=C1. The van der Waals surface area contributed by atoms with Crippen LogP contribution in [0, 0.1) is 0 Å². The number of hydrogen-bond acceptors (Lipinski definition) is 1. The lowest BCUT2D eigenvalue weighted by Crippen LogP contribution is -2.31. The van der Waals surface area contributed by atoms with E-state index in [2.05, 4.69) is 30.1 Å². The molecular weight excluding hydrogens is 146 g/mol. The van der Waals surface area contributed by atoms with Gasteiger partial charge in [-0.3, -0.25) is 4.90 Å². The molecule has 0 amide bonds.